The van der Waals surface area contributed by atoms with E-state index in [9.17, 15) is 8.42 Å². The first kappa shape index (κ1) is 29.7. The Balaban J connectivity index is 1.89. The highest BCUT2D eigenvalue weighted by Crippen LogP contribution is 2.35. The average Bonchev–Trinajstić information content (AvgIpc) is 2.85. The van der Waals surface area contributed by atoms with Crippen molar-refractivity contribution in [2.45, 2.75) is 42.0 Å². The molecule has 0 fully saturated rings. The summed E-state index contributed by atoms with van der Waals surface area (Å²) in [7, 11) is -4.18. The molecule has 0 aliphatic rings. The summed E-state index contributed by atoms with van der Waals surface area (Å²) in [4.78, 5) is 12.8. The van der Waals surface area contributed by atoms with Crippen LogP contribution >= 0.6 is 35.0 Å². The van der Waals surface area contributed by atoms with Crippen LogP contribution in [0, 0.1) is 0 Å². The van der Waals surface area contributed by atoms with Crippen LogP contribution in [-0.4, -0.2) is 57.6 Å². The molecule has 0 bridgehead atoms. The number of aryl methyl sites for hydroxylation is 1. The summed E-state index contributed by atoms with van der Waals surface area (Å²) in [5, 5.41) is 0.653. The summed E-state index contributed by atoms with van der Waals surface area (Å²) < 4.78 is 39.8. The highest BCUT2D eigenvalue weighted by molar-refractivity contribution is 7.99. The second-order valence-corrected chi connectivity index (χ2v) is 18.6. The molecule has 3 aromatic rings. The van der Waals surface area contributed by atoms with Crippen LogP contribution < -0.4 is 9.04 Å². The minimum atomic E-state index is -4.21. The molecular formula is C24H30Cl2N4O4S2Si. The number of nitrogens with zero attached hydrogens (tertiary/aromatic N) is 4. The molecule has 3 rings (SSSR count). The van der Waals surface area contributed by atoms with Gasteiger partial charge in [-0.2, -0.15) is 0 Å². The minimum Gasteiger partial charge on any atom is -0.478 e. The van der Waals surface area contributed by atoms with Crippen molar-refractivity contribution < 1.29 is 17.9 Å². The van der Waals surface area contributed by atoms with Crippen molar-refractivity contribution in [2.24, 2.45) is 0 Å². The first-order chi connectivity index (χ1) is 17.5. The van der Waals surface area contributed by atoms with Gasteiger partial charge in [-0.05, 0) is 42.3 Å². The van der Waals surface area contributed by atoms with Gasteiger partial charge in [0, 0.05) is 32.8 Å². The Kier molecular flexibility index (Phi) is 10.6. The van der Waals surface area contributed by atoms with Gasteiger partial charge in [-0.25, -0.2) is 22.7 Å². The van der Waals surface area contributed by atoms with E-state index in [4.69, 9.17) is 32.7 Å². The fourth-order valence-corrected chi connectivity index (χ4v) is 6.74. The van der Waals surface area contributed by atoms with Crippen molar-refractivity contribution in [3.8, 4) is 5.88 Å². The SMILES string of the molecule is COc1nc(SCCc2ccncc2)cnc1N(COCC[Si](C)(C)C)S(=O)(=O)c1cccc(Cl)c1Cl. The molecule has 37 heavy (non-hydrogen) atoms. The molecule has 0 atom stereocenters. The predicted molar refractivity (Wildman–Crippen MR) is 152 cm³/mol. The molecule has 0 amide bonds. The molecule has 0 radical (unpaired) electrons. The van der Waals surface area contributed by atoms with E-state index in [2.05, 4.69) is 34.6 Å². The standard InChI is InChI=1S/C24H30Cl2N4O4S2Si/c1-33-24-23(28-16-21(29-24)35-14-10-18-8-11-27-12-9-18)30(17-34-13-15-37(2,3)4)36(31,32)20-7-5-6-19(25)22(20)26/h5-9,11-12,16H,10,13-15,17H2,1-4H3. The molecule has 1 aromatic carbocycles. The fraction of sp³-hybridized carbons (Fsp3) is 0.375. The van der Waals surface area contributed by atoms with Crippen molar-refractivity contribution in [1.82, 2.24) is 15.0 Å². The largest absolute Gasteiger partial charge is 0.478 e. The van der Waals surface area contributed by atoms with Crippen LogP contribution in [0.4, 0.5) is 5.82 Å². The third-order valence-corrected chi connectivity index (χ3v) is 10.5. The highest BCUT2D eigenvalue weighted by Gasteiger charge is 2.32. The van der Waals surface area contributed by atoms with Crippen molar-refractivity contribution in [2.75, 3.05) is 30.5 Å². The van der Waals surface area contributed by atoms with Gasteiger partial charge in [-0.15, -0.1) is 11.8 Å². The molecule has 13 heteroatoms. The molecule has 2 heterocycles. The average molecular weight is 602 g/mol. The van der Waals surface area contributed by atoms with Gasteiger partial charge in [-0.3, -0.25) is 4.98 Å². The first-order valence-electron chi connectivity index (χ1n) is 11.5. The van der Waals surface area contributed by atoms with Crippen LogP contribution in [0.3, 0.4) is 0 Å². The summed E-state index contributed by atoms with van der Waals surface area (Å²) in [5.41, 5.74) is 1.16. The van der Waals surface area contributed by atoms with E-state index in [1.165, 1.54) is 43.3 Å². The Labute approximate surface area is 233 Å². The Hall–Kier alpha value is -1.89. The van der Waals surface area contributed by atoms with Crippen LogP contribution in [0.5, 0.6) is 5.88 Å². The molecule has 0 N–H and O–H groups in total. The number of aromatic nitrogens is 3. The van der Waals surface area contributed by atoms with Gasteiger partial charge < -0.3 is 9.47 Å². The van der Waals surface area contributed by atoms with Gasteiger partial charge in [0.05, 0.1) is 23.4 Å². The summed E-state index contributed by atoms with van der Waals surface area (Å²) in [6.07, 6.45) is 5.85. The summed E-state index contributed by atoms with van der Waals surface area (Å²) in [6.45, 7) is 6.78. The van der Waals surface area contributed by atoms with Crippen LogP contribution in [0.2, 0.25) is 35.7 Å². The van der Waals surface area contributed by atoms with E-state index in [1.54, 1.807) is 12.4 Å². The Morgan fingerprint density at radius 1 is 1.11 bits per heavy atom. The van der Waals surface area contributed by atoms with Crippen LogP contribution in [0.25, 0.3) is 0 Å². The maximum atomic E-state index is 13.8. The van der Waals surface area contributed by atoms with E-state index >= 15 is 0 Å². The number of ether oxygens (including phenoxy) is 2. The third kappa shape index (κ3) is 8.29. The van der Waals surface area contributed by atoms with E-state index in [0.717, 1.165) is 28.1 Å². The number of thioether (sulfide) groups is 1. The lowest BCUT2D eigenvalue weighted by atomic mass is 10.2. The topological polar surface area (TPSA) is 94.5 Å². The number of halogens is 2. The number of benzene rings is 1. The molecule has 0 aliphatic heterocycles. The van der Waals surface area contributed by atoms with Gasteiger partial charge in [0.2, 0.25) is 5.82 Å². The van der Waals surface area contributed by atoms with Gasteiger partial charge >= 0.3 is 0 Å². The van der Waals surface area contributed by atoms with Crippen LogP contribution in [0.15, 0.2) is 58.8 Å². The zero-order valence-electron chi connectivity index (χ0n) is 21.1. The molecule has 0 spiro atoms. The van der Waals surface area contributed by atoms with Crippen molar-refractivity contribution in [1.29, 1.82) is 0 Å². The number of hydrogen-bond acceptors (Lipinski definition) is 8. The predicted octanol–water partition coefficient (Wildman–Crippen LogP) is 6.03. The molecular weight excluding hydrogens is 571 g/mol. The van der Waals surface area contributed by atoms with Crippen molar-refractivity contribution in [3.05, 3.63) is 64.5 Å². The number of rotatable bonds is 13. The van der Waals surface area contributed by atoms with Crippen LogP contribution in [0.1, 0.15) is 5.56 Å². The third-order valence-electron chi connectivity index (χ3n) is 5.21. The number of sulfonamides is 1. The van der Waals surface area contributed by atoms with E-state index in [1.807, 2.05) is 12.1 Å². The van der Waals surface area contributed by atoms with E-state index < -0.39 is 18.1 Å². The van der Waals surface area contributed by atoms with Gasteiger partial charge in [0.1, 0.15) is 16.7 Å². The highest BCUT2D eigenvalue weighted by atomic mass is 35.5. The lowest BCUT2D eigenvalue weighted by molar-refractivity contribution is 0.155. The van der Waals surface area contributed by atoms with Gasteiger partial charge in [0.25, 0.3) is 15.9 Å². The Morgan fingerprint density at radius 2 is 1.84 bits per heavy atom. The Morgan fingerprint density at radius 3 is 2.51 bits per heavy atom. The molecule has 2 aromatic heterocycles. The second kappa shape index (κ2) is 13.3. The zero-order chi connectivity index (χ0) is 27.1. The molecule has 0 saturated carbocycles. The fourth-order valence-electron chi connectivity index (χ4n) is 3.12. The van der Waals surface area contributed by atoms with Crippen molar-refractivity contribution in [3.63, 3.8) is 0 Å². The Bertz CT molecular complexity index is 1300. The maximum absolute atomic E-state index is 13.8. The summed E-state index contributed by atoms with van der Waals surface area (Å²) >= 11 is 13.9. The first-order valence-corrected chi connectivity index (χ1v) is 18.4. The monoisotopic (exact) mass is 600 g/mol. The molecule has 0 unspecified atom stereocenters. The molecule has 200 valence electrons. The summed E-state index contributed by atoms with van der Waals surface area (Å²) in [6, 6.07) is 9.23. The zero-order valence-corrected chi connectivity index (χ0v) is 25.3. The number of hydrogen-bond donors (Lipinski definition) is 0. The lowest BCUT2D eigenvalue weighted by Gasteiger charge is -2.25. The van der Waals surface area contributed by atoms with Crippen LogP contribution in [-0.2, 0) is 21.2 Å². The van der Waals surface area contributed by atoms with Crippen molar-refractivity contribution >= 4 is 58.9 Å². The van der Waals surface area contributed by atoms with Gasteiger partial charge in [0.15, 0.2) is 0 Å². The van der Waals surface area contributed by atoms with Gasteiger partial charge in [-0.1, -0.05) is 48.9 Å². The molecule has 0 saturated heterocycles. The maximum Gasteiger partial charge on any atom is 0.269 e. The number of anilines is 1. The molecule has 8 nitrogen and oxygen atoms in total. The molecule has 0 aliphatic carbocycles. The van der Waals surface area contributed by atoms with E-state index in [0.29, 0.717) is 11.6 Å². The normalized spacial score (nSPS) is 11.9. The van der Waals surface area contributed by atoms with E-state index in [-0.39, 0.29) is 33.4 Å². The smallest absolute Gasteiger partial charge is 0.269 e. The number of pyridine rings is 1. The second-order valence-electron chi connectivity index (χ2n) is 9.25. The lowest BCUT2D eigenvalue weighted by Crippen LogP contribution is -2.35. The number of methoxy groups -OCH3 is 1. The quantitative estimate of drug-likeness (QED) is 0.102. The summed E-state index contributed by atoms with van der Waals surface area (Å²) in [5.74, 6) is 0.815. The minimum absolute atomic E-state index is 0.00466.